The van der Waals surface area contributed by atoms with Crippen molar-refractivity contribution in [3.8, 4) is 0 Å². The van der Waals surface area contributed by atoms with Gasteiger partial charge in [-0.3, -0.25) is 0 Å². The molecule has 0 N–H and O–H groups in total. The van der Waals surface area contributed by atoms with Crippen LogP contribution < -0.4 is 0 Å². The molecule has 0 aromatic rings. The monoisotopic (exact) mass is 350 g/mol. The molecule has 0 spiro atoms. The zero-order valence-electron chi connectivity index (χ0n) is 11.8. The number of alkyl halides is 10. The van der Waals surface area contributed by atoms with Gasteiger partial charge in [-0.25, -0.2) is 17.6 Å². The van der Waals surface area contributed by atoms with Crippen LogP contribution in [0.2, 0.25) is 0 Å². The van der Waals surface area contributed by atoms with E-state index < -0.39 is 61.7 Å². The van der Waals surface area contributed by atoms with Gasteiger partial charge in [-0.05, 0) is 32.1 Å². The fourth-order valence-electron chi connectivity index (χ4n) is 1.90. The van der Waals surface area contributed by atoms with E-state index in [0.717, 1.165) is 6.92 Å². The molecular weight excluding hydrogens is 334 g/mol. The third-order valence-corrected chi connectivity index (χ3v) is 3.56. The quantitative estimate of drug-likeness (QED) is 0.381. The fraction of sp³-hybridized carbons (Fsp3) is 1.00. The largest absolute Gasteiger partial charge is 0.428 e. The molecule has 0 aliphatic rings. The lowest BCUT2D eigenvalue weighted by Gasteiger charge is -2.33. The van der Waals surface area contributed by atoms with E-state index >= 15 is 0 Å². The second-order valence-corrected chi connectivity index (χ2v) is 5.21. The van der Waals surface area contributed by atoms with Gasteiger partial charge in [-0.2, -0.15) is 26.3 Å². The average Bonchev–Trinajstić information content (AvgIpc) is 2.29. The van der Waals surface area contributed by atoms with Crippen LogP contribution in [0.3, 0.4) is 0 Å². The highest BCUT2D eigenvalue weighted by Gasteiger charge is 2.68. The molecule has 134 valence electrons. The summed E-state index contributed by atoms with van der Waals surface area (Å²) in [5, 5.41) is 0. The molecule has 0 radical (unpaired) electrons. The van der Waals surface area contributed by atoms with Crippen molar-refractivity contribution in [3.05, 3.63) is 0 Å². The Morgan fingerprint density at radius 3 is 1.32 bits per heavy atom. The molecule has 0 aromatic heterocycles. The molecule has 2 atom stereocenters. The predicted octanol–water partition coefficient (Wildman–Crippen LogP) is 6.15. The first-order chi connectivity index (χ1) is 9.52. The normalized spacial score (nSPS) is 19.6. The first-order valence-corrected chi connectivity index (χ1v) is 6.41. The van der Waals surface area contributed by atoms with Crippen LogP contribution in [-0.2, 0) is 0 Å². The van der Waals surface area contributed by atoms with Crippen molar-refractivity contribution in [1.29, 1.82) is 0 Å². The van der Waals surface area contributed by atoms with Crippen molar-refractivity contribution >= 4 is 0 Å². The molecular formula is C12H16F10. The molecule has 22 heavy (non-hydrogen) atoms. The Morgan fingerprint density at radius 1 is 0.636 bits per heavy atom. The van der Waals surface area contributed by atoms with Crippen LogP contribution in [0.25, 0.3) is 0 Å². The van der Waals surface area contributed by atoms with Crippen molar-refractivity contribution < 1.29 is 43.9 Å². The molecule has 0 aliphatic carbocycles. The molecule has 0 amide bonds. The molecule has 0 fully saturated rings. The summed E-state index contributed by atoms with van der Waals surface area (Å²) in [4.78, 5) is 0. The Balaban J connectivity index is 4.81. The van der Waals surface area contributed by atoms with E-state index in [1.54, 1.807) is 0 Å². The topological polar surface area (TPSA) is 0 Å². The minimum Gasteiger partial charge on any atom is -0.234 e. The SMILES string of the molecule is CCC(F)(CCCCC(F)(C(C)(F)F)C(F)(F)F)C(F)(F)F. The van der Waals surface area contributed by atoms with Crippen LogP contribution in [0, 0.1) is 0 Å². The van der Waals surface area contributed by atoms with E-state index in [1.165, 1.54) is 0 Å². The van der Waals surface area contributed by atoms with Gasteiger partial charge in [0.1, 0.15) is 0 Å². The molecule has 0 aromatic carbocycles. The van der Waals surface area contributed by atoms with Crippen LogP contribution >= 0.6 is 0 Å². The number of hydrogen-bond acceptors (Lipinski definition) is 0. The maximum atomic E-state index is 13.6. The van der Waals surface area contributed by atoms with Gasteiger partial charge >= 0.3 is 12.4 Å². The van der Waals surface area contributed by atoms with Gasteiger partial charge in [-0.15, -0.1) is 0 Å². The number of halogens is 10. The van der Waals surface area contributed by atoms with Crippen LogP contribution in [0.4, 0.5) is 43.9 Å². The lowest BCUT2D eigenvalue weighted by Crippen LogP contribution is -2.53. The Hall–Kier alpha value is -0.700. The van der Waals surface area contributed by atoms with Gasteiger partial charge in [0.05, 0.1) is 0 Å². The number of rotatable bonds is 7. The summed E-state index contributed by atoms with van der Waals surface area (Å²) >= 11 is 0. The van der Waals surface area contributed by atoms with E-state index in [1.807, 2.05) is 0 Å². The van der Waals surface area contributed by atoms with Crippen molar-refractivity contribution in [2.24, 2.45) is 0 Å². The summed E-state index contributed by atoms with van der Waals surface area (Å²) in [5.74, 6) is -4.76. The van der Waals surface area contributed by atoms with Crippen molar-refractivity contribution in [2.45, 2.75) is 75.6 Å². The van der Waals surface area contributed by atoms with Crippen LogP contribution in [0.5, 0.6) is 0 Å². The lowest BCUT2D eigenvalue weighted by molar-refractivity contribution is -0.300. The second-order valence-electron chi connectivity index (χ2n) is 5.21. The number of hydrogen-bond donors (Lipinski definition) is 0. The molecule has 0 nitrogen and oxygen atoms in total. The zero-order chi connectivity index (χ0) is 18.0. The number of unbranched alkanes of at least 4 members (excludes halogenated alkanes) is 1. The van der Waals surface area contributed by atoms with Crippen LogP contribution in [0.15, 0.2) is 0 Å². The second kappa shape index (κ2) is 6.43. The molecule has 0 saturated carbocycles. The predicted molar refractivity (Wildman–Crippen MR) is 59.2 cm³/mol. The van der Waals surface area contributed by atoms with E-state index in [2.05, 4.69) is 0 Å². The smallest absolute Gasteiger partial charge is 0.234 e. The lowest BCUT2D eigenvalue weighted by atomic mass is 9.88. The first kappa shape index (κ1) is 21.3. The van der Waals surface area contributed by atoms with E-state index in [9.17, 15) is 43.9 Å². The summed E-state index contributed by atoms with van der Waals surface area (Å²) in [6.07, 6.45) is -16.8. The Kier molecular flexibility index (Phi) is 6.22. The average molecular weight is 350 g/mol. The highest BCUT2D eigenvalue weighted by Crippen LogP contribution is 2.48. The van der Waals surface area contributed by atoms with E-state index in [-0.39, 0.29) is 6.92 Å². The highest BCUT2D eigenvalue weighted by molar-refractivity contribution is 4.97. The van der Waals surface area contributed by atoms with E-state index in [0.29, 0.717) is 0 Å². The third kappa shape index (κ3) is 4.41. The molecule has 0 bridgehead atoms. The zero-order valence-corrected chi connectivity index (χ0v) is 11.8. The highest BCUT2D eigenvalue weighted by atomic mass is 19.4. The molecule has 0 saturated heterocycles. The maximum Gasteiger partial charge on any atom is 0.428 e. The van der Waals surface area contributed by atoms with Crippen molar-refractivity contribution in [1.82, 2.24) is 0 Å². The Bertz CT molecular complexity index is 336. The van der Waals surface area contributed by atoms with Crippen molar-refractivity contribution in [2.75, 3.05) is 0 Å². The van der Waals surface area contributed by atoms with Crippen LogP contribution in [0.1, 0.15) is 46.0 Å². The summed E-state index contributed by atoms with van der Waals surface area (Å²) in [5.41, 5.74) is -8.48. The van der Waals surface area contributed by atoms with E-state index in [4.69, 9.17) is 0 Å². The van der Waals surface area contributed by atoms with Gasteiger partial charge in [0.2, 0.25) is 5.67 Å². The molecule has 0 rings (SSSR count). The molecule has 10 heteroatoms. The van der Waals surface area contributed by atoms with Gasteiger partial charge in [0, 0.05) is 6.92 Å². The Morgan fingerprint density at radius 2 is 1.05 bits per heavy atom. The van der Waals surface area contributed by atoms with Crippen molar-refractivity contribution in [3.63, 3.8) is 0 Å². The first-order valence-electron chi connectivity index (χ1n) is 6.41. The molecule has 0 heterocycles. The summed E-state index contributed by atoms with van der Waals surface area (Å²) in [6, 6.07) is 0. The minimum atomic E-state index is -5.88. The standard InChI is InChI=1S/C12H16F10/c1-3-9(15,11(17,18)19)6-4-5-7-10(16,8(2,13)14)12(20,21)22/h3-7H2,1-2H3. The molecule has 0 aliphatic heterocycles. The fourth-order valence-corrected chi connectivity index (χ4v) is 1.90. The molecule has 2 unspecified atom stereocenters. The summed E-state index contributed by atoms with van der Waals surface area (Å²) in [6.45, 7) is 0.630. The van der Waals surface area contributed by atoms with Gasteiger partial charge < -0.3 is 0 Å². The Labute approximate surface area is 120 Å². The maximum absolute atomic E-state index is 13.6. The van der Waals surface area contributed by atoms with Crippen LogP contribution in [-0.4, -0.2) is 29.6 Å². The van der Waals surface area contributed by atoms with Gasteiger partial charge in [-0.1, -0.05) is 6.92 Å². The van der Waals surface area contributed by atoms with Gasteiger partial charge in [0.15, 0.2) is 0 Å². The third-order valence-electron chi connectivity index (χ3n) is 3.56. The summed E-state index contributed by atoms with van der Waals surface area (Å²) < 4.78 is 127. The summed E-state index contributed by atoms with van der Waals surface area (Å²) in [7, 11) is 0. The van der Waals surface area contributed by atoms with Gasteiger partial charge in [0.25, 0.3) is 11.6 Å². The minimum absolute atomic E-state index is 0.262.